The smallest absolute Gasteiger partial charge is 0.0494 e. The number of pyridine rings is 1. The second kappa shape index (κ2) is 4.71. The Morgan fingerprint density at radius 3 is 2.53 bits per heavy atom. The van der Waals surface area contributed by atoms with E-state index in [1.165, 1.54) is 11.1 Å². The quantitative estimate of drug-likeness (QED) is 0.821. The van der Waals surface area contributed by atoms with Crippen molar-refractivity contribution >= 4 is 0 Å². The first kappa shape index (κ1) is 9.87. The van der Waals surface area contributed by atoms with E-state index in [0.717, 1.165) is 12.1 Å². The predicted molar refractivity (Wildman–Crippen MR) is 62.4 cm³/mol. The third kappa shape index (κ3) is 2.22. The lowest BCUT2D eigenvalue weighted by molar-refractivity contribution is 0.926. The molecule has 0 saturated heterocycles. The van der Waals surface area contributed by atoms with Crippen LogP contribution in [0.3, 0.4) is 0 Å². The third-order valence-corrected chi connectivity index (χ3v) is 2.36. The number of nitrogens with two attached hydrogens (primary N) is 1. The van der Waals surface area contributed by atoms with Gasteiger partial charge in [-0.05, 0) is 18.2 Å². The van der Waals surface area contributed by atoms with E-state index in [1.54, 1.807) is 0 Å². The van der Waals surface area contributed by atoms with E-state index in [0.29, 0.717) is 6.54 Å². The van der Waals surface area contributed by atoms with Crippen LogP contribution < -0.4 is 5.73 Å². The summed E-state index contributed by atoms with van der Waals surface area (Å²) in [6.07, 6.45) is 2.64. The lowest BCUT2D eigenvalue weighted by Gasteiger charge is -2.06. The minimum absolute atomic E-state index is 0.636. The van der Waals surface area contributed by atoms with Gasteiger partial charge in [-0.25, -0.2) is 0 Å². The van der Waals surface area contributed by atoms with Crippen LogP contribution in [-0.2, 0) is 6.42 Å². The van der Waals surface area contributed by atoms with E-state index in [4.69, 9.17) is 5.73 Å². The zero-order valence-electron chi connectivity index (χ0n) is 8.56. The van der Waals surface area contributed by atoms with Gasteiger partial charge in [-0.15, -0.1) is 0 Å². The van der Waals surface area contributed by atoms with Crippen LogP contribution in [0.15, 0.2) is 48.7 Å². The molecule has 2 N–H and O–H groups in total. The van der Waals surface area contributed by atoms with E-state index in [1.807, 2.05) is 30.5 Å². The van der Waals surface area contributed by atoms with E-state index in [9.17, 15) is 0 Å². The molecule has 1 aromatic heterocycles. The molecule has 76 valence electrons. The molecule has 0 aliphatic carbocycles. The lowest BCUT2D eigenvalue weighted by atomic mass is 10.0. The molecule has 0 bridgehead atoms. The first-order valence-corrected chi connectivity index (χ1v) is 5.11. The molecule has 15 heavy (non-hydrogen) atoms. The van der Waals surface area contributed by atoms with E-state index in [-0.39, 0.29) is 0 Å². The van der Waals surface area contributed by atoms with Crippen LogP contribution in [0, 0.1) is 0 Å². The summed E-state index contributed by atoms with van der Waals surface area (Å²) in [5, 5.41) is 0. The number of rotatable bonds is 3. The summed E-state index contributed by atoms with van der Waals surface area (Å²) < 4.78 is 0. The fourth-order valence-corrected chi connectivity index (χ4v) is 1.65. The van der Waals surface area contributed by atoms with Crippen molar-refractivity contribution in [3.63, 3.8) is 0 Å². The molecular weight excluding hydrogens is 184 g/mol. The van der Waals surface area contributed by atoms with Crippen molar-refractivity contribution in [1.82, 2.24) is 4.98 Å². The number of benzene rings is 1. The summed E-state index contributed by atoms with van der Waals surface area (Å²) in [6, 6.07) is 14.3. The van der Waals surface area contributed by atoms with Crippen molar-refractivity contribution in [2.45, 2.75) is 6.42 Å². The van der Waals surface area contributed by atoms with Crippen LogP contribution in [0.1, 0.15) is 5.69 Å². The summed E-state index contributed by atoms with van der Waals surface area (Å²) in [7, 11) is 0. The van der Waals surface area contributed by atoms with Crippen molar-refractivity contribution < 1.29 is 0 Å². The van der Waals surface area contributed by atoms with Crippen LogP contribution in [0.2, 0.25) is 0 Å². The van der Waals surface area contributed by atoms with Crippen molar-refractivity contribution in [2.24, 2.45) is 5.73 Å². The number of hydrogen-bond acceptors (Lipinski definition) is 2. The second-order valence-corrected chi connectivity index (χ2v) is 3.40. The monoisotopic (exact) mass is 198 g/mol. The molecule has 0 fully saturated rings. The Hall–Kier alpha value is -1.67. The lowest BCUT2D eigenvalue weighted by Crippen LogP contribution is -2.05. The summed E-state index contributed by atoms with van der Waals surface area (Å²) in [5.74, 6) is 0. The highest BCUT2D eigenvalue weighted by Crippen LogP contribution is 2.21. The summed E-state index contributed by atoms with van der Waals surface area (Å²) in [6.45, 7) is 0.636. The molecule has 1 aromatic carbocycles. The average molecular weight is 198 g/mol. The Labute approximate surface area is 89.8 Å². The third-order valence-electron chi connectivity index (χ3n) is 2.36. The fraction of sp³-hybridized carbons (Fsp3) is 0.154. The number of hydrogen-bond donors (Lipinski definition) is 1. The zero-order valence-corrected chi connectivity index (χ0v) is 8.56. The summed E-state index contributed by atoms with van der Waals surface area (Å²) in [4.78, 5) is 4.36. The van der Waals surface area contributed by atoms with Gasteiger partial charge in [-0.3, -0.25) is 4.98 Å². The molecule has 0 amide bonds. The van der Waals surface area contributed by atoms with Gasteiger partial charge in [0, 0.05) is 23.9 Å². The number of nitrogens with zero attached hydrogens (tertiary/aromatic N) is 1. The van der Waals surface area contributed by atoms with Gasteiger partial charge >= 0.3 is 0 Å². The van der Waals surface area contributed by atoms with Crippen LogP contribution in [0.25, 0.3) is 11.1 Å². The summed E-state index contributed by atoms with van der Waals surface area (Å²) in [5.41, 5.74) is 9.03. The van der Waals surface area contributed by atoms with Gasteiger partial charge < -0.3 is 5.73 Å². The molecule has 0 unspecified atom stereocenters. The SMILES string of the molecule is NCCc1ncccc1-c1ccccc1. The molecule has 0 atom stereocenters. The molecule has 1 heterocycles. The predicted octanol–water partition coefficient (Wildman–Crippen LogP) is 2.25. The molecule has 0 saturated carbocycles. The van der Waals surface area contributed by atoms with Gasteiger partial charge in [-0.1, -0.05) is 36.4 Å². The standard InChI is InChI=1S/C13H14N2/c14-9-8-13-12(7-4-10-15-13)11-5-2-1-3-6-11/h1-7,10H,8-9,14H2. The fourth-order valence-electron chi connectivity index (χ4n) is 1.65. The van der Waals surface area contributed by atoms with Crippen LogP contribution in [-0.4, -0.2) is 11.5 Å². The van der Waals surface area contributed by atoms with E-state index in [2.05, 4.69) is 23.2 Å². The Bertz CT molecular complexity index is 424. The van der Waals surface area contributed by atoms with Crippen molar-refractivity contribution in [3.05, 3.63) is 54.4 Å². The Morgan fingerprint density at radius 1 is 1.00 bits per heavy atom. The van der Waals surface area contributed by atoms with Crippen LogP contribution >= 0.6 is 0 Å². The first-order valence-electron chi connectivity index (χ1n) is 5.11. The van der Waals surface area contributed by atoms with Crippen molar-refractivity contribution in [1.29, 1.82) is 0 Å². The van der Waals surface area contributed by atoms with Crippen molar-refractivity contribution in [2.75, 3.05) is 6.54 Å². The summed E-state index contributed by atoms with van der Waals surface area (Å²) >= 11 is 0. The molecular formula is C13H14N2. The van der Waals surface area contributed by atoms with E-state index < -0.39 is 0 Å². The van der Waals surface area contributed by atoms with Crippen molar-refractivity contribution in [3.8, 4) is 11.1 Å². The van der Waals surface area contributed by atoms with Gasteiger partial charge in [0.05, 0.1) is 0 Å². The Balaban J connectivity index is 2.43. The highest BCUT2D eigenvalue weighted by molar-refractivity contribution is 5.65. The van der Waals surface area contributed by atoms with Crippen LogP contribution in [0.5, 0.6) is 0 Å². The first-order chi connectivity index (χ1) is 7.42. The molecule has 2 rings (SSSR count). The van der Waals surface area contributed by atoms with Gasteiger partial charge in [0.25, 0.3) is 0 Å². The van der Waals surface area contributed by atoms with Gasteiger partial charge in [-0.2, -0.15) is 0 Å². The highest BCUT2D eigenvalue weighted by atomic mass is 14.7. The van der Waals surface area contributed by atoms with Crippen LogP contribution in [0.4, 0.5) is 0 Å². The second-order valence-electron chi connectivity index (χ2n) is 3.40. The van der Waals surface area contributed by atoms with E-state index >= 15 is 0 Å². The highest BCUT2D eigenvalue weighted by Gasteiger charge is 2.03. The Kier molecular flexibility index (Phi) is 3.10. The maximum absolute atomic E-state index is 5.57. The molecule has 2 aromatic rings. The maximum atomic E-state index is 5.57. The topological polar surface area (TPSA) is 38.9 Å². The number of aromatic nitrogens is 1. The molecule has 0 radical (unpaired) electrons. The molecule has 2 nitrogen and oxygen atoms in total. The largest absolute Gasteiger partial charge is 0.330 e. The Morgan fingerprint density at radius 2 is 1.80 bits per heavy atom. The molecule has 2 heteroatoms. The maximum Gasteiger partial charge on any atom is 0.0494 e. The molecule has 0 aliphatic rings. The zero-order chi connectivity index (χ0) is 10.5. The average Bonchev–Trinajstić information content (AvgIpc) is 2.31. The minimum atomic E-state index is 0.636. The van der Waals surface area contributed by atoms with Gasteiger partial charge in [0.2, 0.25) is 0 Å². The normalized spacial score (nSPS) is 10.2. The molecule has 0 spiro atoms. The minimum Gasteiger partial charge on any atom is -0.330 e. The molecule has 0 aliphatic heterocycles. The van der Waals surface area contributed by atoms with Gasteiger partial charge in [0.15, 0.2) is 0 Å². The van der Waals surface area contributed by atoms with Gasteiger partial charge in [0.1, 0.15) is 0 Å².